The summed E-state index contributed by atoms with van der Waals surface area (Å²) in [6, 6.07) is 4.72. The van der Waals surface area contributed by atoms with E-state index < -0.39 is 0 Å². The zero-order chi connectivity index (χ0) is 10.8. The van der Waals surface area contributed by atoms with Gasteiger partial charge in [-0.15, -0.1) is 0 Å². The van der Waals surface area contributed by atoms with E-state index in [1.807, 2.05) is 0 Å². The molecule has 1 N–H and O–H groups in total. The lowest BCUT2D eigenvalue weighted by molar-refractivity contribution is 0.174. The summed E-state index contributed by atoms with van der Waals surface area (Å²) in [7, 11) is 0. The number of benzene rings is 1. The predicted octanol–water partition coefficient (Wildman–Crippen LogP) is 2.15. The maximum Gasteiger partial charge on any atom is 0.124 e. The van der Waals surface area contributed by atoms with Crippen molar-refractivity contribution in [1.82, 2.24) is 4.90 Å². The first-order chi connectivity index (χ1) is 7.15. The van der Waals surface area contributed by atoms with Crippen LogP contribution >= 0.6 is 15.9 Å². The van der Waals surface area contributed by atoms with Crippen molar-refractivity contribution < 1.29 is 9.50 Å². The molecule has 15 heavy (non-hydrogen) atoms. The van der Waals surface area contributed by atoms with Crippen molar-refractivity contribution in [2.24, 2.45) is 0 Å². The zero-order valence-corrected chi connectivity index (χ0v) is 9.87. The minimum Gasteiger partial charge on any atom is -0.392 e. The fourth-order valence-corrected chi connectivity index (χ4v) is 2.32. The minimum atomic E-state index is -0.230. The molecule has 0 unspecified atom stereocenters. The molecule has 0 saturated carbocycles. The first-order valence-electron chi connectivity index (χ1n) is 4.99. The van der Waals surface area contributed by atoms with Crippen LogP contribution in [-0.4, -0.2) is 29.2 Å². The highest BCUT2D eigenvalue weighted by molar-refractivity contribution is 9.10. The monoisotopic (exact) mass is 273 g/mol. The van der Waals surface area contributed by atoms with Crippen LogP contribution in [0.25, 0.3) is 0 Å². The van der Waals surface area contributed by atoms with Gasteiger partial charge in [-0.25, -0.2) is 4.39 Å². The van der Waals surface area contributed by atoms with Gasteiger partial charge in [0.2, 0.25) is 0 Å². The number of rotatable bonds is 2. The molecule has 1 saturated heterocycles. The van der Waals surface area contributed by atoms with Crippen LogP contribution in [0.5, 0.6) is 0 Å². The van der Waals surface area contributed by atoms with E-state index in [9.17, 15) is 9.50 Å². The predicted molar refractivity (Wildman–Crippen MR) is 60.0 cm³/mol. The van der Waals surface area contributed by atoms with Gasteiger partial charge in [-0.05, 0) is 24.1 Å². The Morgan fingerprint density at radius 2 is 2.33 bits per heavy atom. The van der Waals surface area contributed by atoms with Crippen molar-refractivity contribution in [3.8, 4) is 0 Å². The van der Waals surface area contributed by atoms with Gasteiger partial charge in [0.1, 0.15) is 5.82 Å². The quantitative estimate of drug-likeness (QED) is 0.893. The molecule has 0 aromatic heterocycles. The van der Waals surface area contributed by atoms with Gasteiger partial charge >= 0.3 is 0 Å². The lowest BCUT2D eigenvalue weighted by Gasteiger charge is -2.15. The Kier molecular flexibility index (Phi) is 3.38. The number of hydrogen-bond donors (Lipinski definition) is 1. The van der Waals surface area contributed by atoms with E-state index >= 15 is 0 Å². The topological polar surface area (TPSA) is 23.5 Å². The molecule has 0 amide bonds. The van der Waals surface area contributed by atoms with E-state index in [4.69, 9.17) is 0 Å². The number of aliphatic hydroxyl groups excluding tert-OH is 1. The van der Waals surface area contributed by atoms with Crippen molar-refractivity contribution in [2.45, 2.75) is 19.1 Å². The molecule has 82 valence electrons. The summed E-state index contributed by atoms with van der Waals surface area (Å²) in [6.07, 6.45) is 0.628. The first-order valence-corrected chi connectivity index (χ1v) is 5.79. The molecule has 0 bridgehead atoms. The van der Waals surface area contributed by atoms with E-state index in [0.29, 0.717) is 6.54 Å². The minimum absolute atomic E-state index is 0.204. The summed E-state index contributed by atoms with van der Waals surface area (Å²) in [5.41, 5.74) is 1.06. The maximum atomic E-state index is 12.8. The van der Waals surface area contributed by atoms with Gasteiger partial charge in [-0.3, -0.25) is 4.90 Å². The highest BCUT2D eigenvalue weighted by Crippen LogP contribution is 2.21. The van der Waals surface area contributed by atoms with Crippen molar-refractivity contribution >= 4 is 15.9 Å². The van der Waals surface area contributed by atoms with Crippen molar-refractivity contribution in [3.63, 3.8) is 0 Å². The van der Waals surface area contributed by atoms with Crippen LogP contribution in [0.2, 0.25) is 0 Å². The van der Waals surface area contributed by atoms with Crippen LogP contribution in [0.4, 0.5) is 4.39 Å². The van der Waals surface area contributed by atoms with Crippen LogP contribution < -0.4 is 0 Å². The van der Waals surface area contributed by atoms with Crippen LogP contribution in [0.3, 0.4) is 0 Å². The SMILES string of the molecule is O[C@@H]1CCN(Cc2ccc(F)cc2Br)C1. The molecule has 1 aromatic rings. The van der Waals surface area contributed by atoms with Gasteiger partial charge in [0.25, 0.3) is 0 Å². The summed E-state index contributed by atoms with van der Waals surface area (Å²) in [6.45, 7) is 2.38. The zero-order valence-electron chi connectivity index (χ0n) is 8.29. The van der Waals surface area contributed by atoms with E-state index in [-0.39, 0.29) is 11.9 Å². The van der Waals surface area contributed by atoms with E-state index in [0.717, 1.165) is 29.5 Å². The second kappa shape index (κ2) is 4.60. The van der Waals surface area contributed by atoms with Gasteiger partial charge < -0.3 is 5.11 Å². The van der Waals surface area contributed by atoms with Crippen LogP contribution in [0.15, 0.2) is 22.7 Å². The Balaban J connectivity index is 2.04. The Bertz CT molecular complexity index is 358. The molecule has 0 spiro atoms. The van der Waals surface area contributed by atoms with E-state index in [2.05, 4.69) is 20.8 Å². The van der Waals surface area contributed by atoms with Crippen molar-refractivity contribution in [3.05, 3.63) is 34.1 Å². The highest BCUT2D eigenvalue weighted by Gasteiger charge is 2.20. The first kappa shape index (κ1) is 11.0. The van der Waals surface area contributed by atoms with E-state index in [1.165, 1.54) is 12.1 Å². The number of aliphatic hydroxyl groups is 1. The molecule has 1 aliphatic rings. The second-order valence-electron chi connectivity index (χ2n) is 3.91. The molecule has 1 atom stereocenters. The lowest BCUT2D eigenvalue weighted by Crippen LogP contribution is -2.21. The number of β-amino-alcohol motifs (C(OH)–C–C–N with tert-alkyl or cyclic N) is 1. The van der Waals surface area contributed by atoms with Crippen LogP contribution in [-0.2, 0) is 6.54 Å². The largest absolute Gasteiger partial charge is 0.392 e. The third-order valence-corrected chi connectivity index (χ3v) is 3.39. The molecule has 4 heteroatoms. The average molecular weight is 274 g/mol. The normalized spacial score (nSPS) is 22.2. The molecule has 0 radical (unpaired) electrons. The highest BCUT2D eigenvalue weighted by atomic mass is 79.9. The summed E-state index contributed by atoms with van der Waals surface area (Å²) in [5.74, 6) is -0.230. The standard InChI is InChI=1S/C11H13BrFNO/c12-11-5-9(13)2-1-8(11)6-14-4-3-10(15)7-14/h1-2,5,10,15H,3-4,6-7H2/t10-/m1/s1. The van der Waals surface area contributed by atoms with Gasteiger partial charge in [-0.1, -0.05) is 22.0 Å². The maximum absolute atomic E-state index is 12.8. The summed E-state index contributed by atoms with van der Waals surface area (Å²) >= 11 is 3.34. The number of nitrogens with zero attached hydrogens (tertiary/aromatic N) is 1. The van der Waals surface area contributed by atoms with Gasteiger partial charge in [0.15, 0.2) is 0 Å². The molecular formula is C11H13BrFNO. The molecule has 1 heterocycles. The summed E-state index contributed by atoms with van der Waals surface area (Å²) < 4.78 is 13.6. The second-order valence-corrected chi connectivity index (χ2v) is 4.77. The van der Waals surface area contributed by atoms with Crippen molar-refractivity contribution in [2.75, 3.05) is 13.1 Å². The molecular weight excluding hydrogens is 261 g/mol. The average Bonchev–Trinajstić information content (AvgIpc) is 2.56. The Labute approximate surface area is 96.8 Å². The third-order valence-electron chi connectivity index (χ3n) is 2.66. The number of halogens is 2. The van der Waals surface area contributed by atoms with Gasteiger partial charge in [0, 0.05) is 24.1 Å². The van der Waals surface area contributed by atoms with Crippen LogP contribution in [0.1, 0.15) is 12.0 Å². The van der Waals surface area contributed by atoms with Crippen molar-refractivity contribution in [1.29, 1.82) is 0 Å². The smallest absolute Gasteiger partial charge is 0.124 e. The summed E-state index contributed by atoms with van der Waals surface area (Å²) in [4.78, 5) is 2.17. The molecule has 0 aliphatic carbocycles. The number of hydrogen-bond acceptors (Lipinski definition) is 2. The third kappa shape index (κ3) is 2.77. The molecule has 2 rings (SSSR count). The van der Waals surface area contributed by atoms with E-state index in [1.54, 1.807) is 6.07 Å². The molecule has 2 nitrogen and oxygen atoms in total. The Hall–Kier alpha value is -0.450. The Morgan fingerprint density at radius 3 is 2.93 bits per heavy atom. The van der Waals surface area contributed by atoms with Crippen LogP contribution in [0, 0.1) is 5.82 Å². The lowest BCUT2D eigenvalue weighted by atomic mass is 10.2. The molecule has 1 fully saturated rings. The van der Waals surface area contributed by atoms with Gasteiger partial charge in [0.05, 0.1) is 6.10 Å². The fraction of sp³-hybridized carbons (Fsp3) is 0.455. The summed E-state index contributed by atoms with van der Waals surface area (Å²) in [5, 5.41) is 9.38. The molecule has 1 aliphatic heterocycles. The number of likely N-dealkylation sites (tertiary alicyclic amines) is 1. The fourth-order valence-electron chi connectivity index (χ4n) is 1.85. The van der Waals surface area contributed by atoms with Gasteiger partial charge in [-0.2, -0.15) is 0 Å². The Morgan fingerprint density at radius 1 is 1.53 bits per heavy atom. The molecule has 1 aromatic carbocycles.